The molecule has 0 unspecified atom stereocenters. The Hall–Kier alpha value is -2.44. The third kappa shape index (κ3) is 3.03. The van der Waals surface area contributed by atoms with Crippen LogP contribution in [0.3, 0.4) is 0 Å². The van der Waals surface area contributed by atoms with Crippen LogP contribution >= 0.6 is 0 Å². The summed E-state index contributed by atoms with van der Waals surface area (Å²) in [6, 6.07) is 4.06. The van der Waals surface area contributed by atoms with Crippen LogP contribution in [0.25, 0.3) is 0 Å². The van der Waals surface area contributed by atoms with Gasteiger partial charge in [-0.3, -0.25) is 14.9 Å². The van der Waals surface area contributed by atoms with Gasteiger partial charge in [0, 0.05) is 12.5 Å². The lowest BCUT2D eigenvalue weighted by atomic mass is 10.0. The fourth-order valence-electron chi connectivity index (χ4n) is 1.53. The number of hydrogen-bond donors (Lipinski definition) is 1. The van der Waals surface area contributed by atoms with Gasteiger partial charge in [-0.05, 0) is 12.0 Å². The van der Waals surface area contributed by atoms with E-state index >= 15 is 0 Å². The predicted octanol–water partition coefficient (Wildman–Crippen LogP) is 1.40. The van der Waals surface area contributed by atoms with Crippen molar-refractivity contribution in [2.24, 2.45) is 0 Å². The molecule has 0 aliphatic heterocycles. The molecule has 0 aliphatic carbocycles. The number of carbonyl (C=O) groups is 2. The average molecular weight is 253 g/mol. The van der Waals surface area contributed by atoms with E-state index in [1.165, 1.54) is 18.2 Å². The van der Waals surface area contributed by atoms with Crippen molar-refractivity contribution < 1.29 is 24.4 Å². The molecular weight excluding hydrogens is 242 g/mol. The van der Waals surface area contributed by atoms with Gasteiger partial charge in [0.25, 0.3) is 5.69 Å². The number of nitro benzene ring substituents is 1. The third-order valence-corrected chi connectivity index (χ3v) is 2.32. The summed E-state index contributed by atoms with van der Waals surface area (Å²) in [6.07, 6.45) is -0.188. The number of esters is 1. The normalized spacial score (nSPS) is 9.83. The zero-order valence-corrected chi connectivity index (χ0v) is 9.58. The first-order valence-electron chi connectivity index (χ1n) is 5.03. The predicted molar refractivity (Wildman–Crippen MR) is 60.4 cm³/mol. The van der Waals surface area contributed by atoms with Crippen molar-refractivity contribution in [1.82, 2.24) is 0 Å². The molecule has 0 fully saturated rings. The van der Waals surface area contributed by atoms with Crippen LogP contribution in [0, 0.1) is 10.1 Å². The maximum atomic E-state index is 11.5. The highest BCUT2D eigenvalue weighted by atomic mass is 16.6. The second kappa shape index (κ2) is 5.76. The molecule has 0 aromatic heterocycles. The summed E-state index contributed by atoms with van der Waals surface area (Å²) in [5.74, 6) is -1.89. The Kier molecular flexibility index (Phi) is 4.36. The number of carbonyl (C=O) groups excluding carboxylic acids is 1. The Morgan fingerprint density at radius 2 is 2.11 bits per heavy atom. The van der Waals surface area contributed by atoms with Crippen molar-refractivity contribution in [2.45, 2.75) is 12.8 Å². The molecule has 1 N–H and O–H groups in total. The van der Waals surface area contributed by atoms with Gasteiger partial charge < -0.3 is 9.84 Å². The first-order valence-corrected chi connectivity index (χ1v) is 5.03. The van der Waals surface area contributed by atoms with Gasteiger partial charge in [-0.25, -0.2) is 4.79 Å². The van der Waals surface area contributed by atoms with Crippen LogP contribution in [0.4, 0.5) is 5.69 Å². The molecule has 0 atom stereocenters. The molecule has 0 bridgehead atoms. The van der Waals surface area contributed by atoms with E-state index < -0.39 is 16.9 Å². The van der Waals surface area contributed by atoms with Gasteiger partial charge >= 0.3 is 11.9 Å². The van der Waals surface area contributed by atoms with Crippen LogP contribution in [-0.4, -0.2) is 29.1 Å². The van der Waals surface area contributed by atoms with E-state index in [1.807, 2.05) is 0 Å². The number of methoxy groups -OCH3 is 1. The molecule has 18 heavy (non-hydrogen) atoms. The lowest BCUT2D eigenvalue weighted by Crippen LogP contribution is -2.10. The maximum Gasteiger partial charge on any atom is 0.345 e. The molecule has 0 amide bonds. The fraction of sp³-hybridized carbons (Fsp3) is 0.273. The number of ether oxygens (including phenoxy) is 1. The number of rotatable bonds is 5. The minimum Gasteiger partial charge on any atom is -0.481 e. The van der Waals surface area contributed by atoms with Crippen molar-refractivity contribution in [3.8, 4) is 0 Å². The van der Waals surface area contributed by atoms with Crippen molar-refractivity contribution in [3.63, 3.8) is 0 Å². The molecule has 7 heteroatoms. The van der Waals surface area contributed by atoms with Gasteiger partial charge in [-0.15, -0.1) is 0 Å². The number of hydrogen-bond acceptors (Lipinski definition) is 5. The van der Waals surface area contributed by atoms with E-state index in [4.69, 9.17) is 5.11 Å². The Labute approximate surface area is 102 Å². The van der Waals surface area contributed by atoms with E-state index in [0.29, 0.717) is 5.56 Å². The molecule has 7 nitrogen and oxygen atoms in total. The van der Waals surface area contributed by atoms with Crippen molar-refractivity contribution in [2.75, 3.05) is 7.11 Å². The zero-order valence-electron chi connectivity index (χ0n) is 9.58. The average Bonchev–Trinajstić information content (AvgIpc) is 2.34. The molecule has 0 saturated heterocycles. The maximum absolute atomic E-state index is 11.5. The Morgan fingerprint density at radius 3 is 2.61 bits per heavy atom. The standard InChI is InChI=1S/C11H11NO6/c1-18-11(15)10-7(5-6-9(13)14)3-2-4-8(10)12(16)17/h2-4H,5-6H2,1H3,(H,13,14). The van der Waals surface area contributed by atoms with E-state index in [1.54, 1.807) is 0 Å². The molecule has 1 aromatic carbocycles. The van der Waals surface area contributed by atoms with E-state index in [2.05, 4.69) is 4.74 Å². The molecular formula is C11H11NO6. The number of carboxylic acids is 1. The highest BCUT2D eigenvalue weighted by Gasteiger charge is 2.24. The number of benzene rings is 1. The second-order valence-corrected chi connectivity index (χ2v) is 3.45. The molecule has 0 heterocycles. The number of nitro groups is 1. The Balaban J connectivity index is 3.23. The van der Waals surface area contributed by atoms with Crippen LogP contribution in [0.5, 0.6) is 0 Å². The first-order chi connectivity index (χ1) is 8.47. The van der Waals surface area contributed by atoms with E-state index in [0.717, 1.165) is 7.11 Å². The summed E-state index contributed by atoms with van der Waals surface area (Å²) in [5, 5.41) is 19.4. The third-order valence-electron chi connectivity index (χ3n) is 2.32. The van der Waals surface area contributed by atoms with Gasteiger partial charge in [0.15, 0.2) is 0 Å². The molecule has 0 aliphatic rings. The van der Waals surface area contributed by atoms with Gasteiger partial charge in [0.1, 0.15) is 5.56 Å². The van der Waals surface area contributed by atoms with Gasteiger partial charge in [0.2, 0.25) is 0 Å². The van der Waals surface area contributed by atoms with Gasteiger partial charge in [0.05, 0.1) is 12.0 Å². The quantitative estimate of drug-likeness (QED) is 0.482. The topological polar surface area (TPSA) is 107 Å². The van der Waals surface area contributed by atoms with Crippen LogP contribution in [-0.2, 0) is 16.0 Å². The SMILES string of the molecule is COC(=O)c1c(CCC(=O)O)cccc1[N+](=O)[O-]. The second-order valence-electron chi connectivity index (χ2n) is 3.45. The monoisotopic (exact) mass is 253 g/mol. The minimum absolute atomic E-state index is 0.0292. The van der Waals surface area contributed by atoms with Crippen molar-refractivity contribution in [3.05, 3.63) is 39.4 Å². The molecule has 96 valence electrons. The van der Waals surface area contributed by atoms with Crippen LogP contribution < -0.4 is 0 Å². The molecule has 0 radical (unpaired) electrons. The first kappa shape index (κ1) is 13.6. The minimum atomic E-state index is -1.04. The zero-order chi connectivity index (χ0) is 13.7. The summed E-state index contributed by atoms with van der Waals surface area (Å²) in [7, 11) is 1.11. The number of aryl methyl sites for hydroxylation is 1. The molecule has 0 saturated carbocycles. The summed E-state index contributed by atoms with van der Waals surface area (Å²) in [5.41, 5.74) is -0.283. The molecule has 0 spiro atoms. The summed E-state index contributed by atoms with van der Waals surface area (Å²) >= 11 is 0. The van der Waals surface area contributed by atoms with E-state index in [9.17, 15) is 19.7 Å². The highest BCUT2D eigenvalue weighted by molar-refractivity contribution is 5.95. The van der Waals surface area contributed by atoms with Crippen LogP contribution in [0.2, 0.25) is 0 Å². The highest BCUT2D eigenvalue weighted by Crippen LogP contribution is 2.24. The summed E-state index contributed by atoms with van der Waals surface area (Å²) < 4.78 is 4.48. The number of aliphatic carboxylic acids is 1. The molecule has 1 aromatic rings. The largest absolute Gasteiger partial charge is 0.481 e. The Morgan fingerprint density at radius 1 is 1.44 bits per heavy atom. The van der Waals surface area contributed by atoms with Crippen molar-refractivity contribution >= 4 is 17.6 Å². The number of carboxylic acid groups (broad SMARTS) is 1. The summed E-state index contributed by atoms with van der Waals surface area (Å²) in [4.78, 5) is 32.1. The number of nitrogens with zero attached hydrogens (tertiary/aromatic N) is 1. The van der Waals surface area contributed by atoms with Gasteiger partial charge in [-0.1, -0.05) is 12.1 Å². The smallest absolute Gasteiger partial charge is 0.345 e. The molecule has 1 rings (SSSR count). The van der Waals surface area contributed by atoms with Crippen molar-refractivity contribution in [1.29, 1.82) is 0 Å². The lowest BCUT2D eigenvalue weighted by Gasteiger charge is -2.07. The Bertz CT molecular complexity index is 496. The lowest BCUT2D eigenvalue weighted by molar-refractivity contribution is -0.385. The fourth-order valence-corrected chi connectivity index (χ4v) is 1.53. The van der Waals surface area contributed by atoms with E-state index in [-0.39, 0.29) is 24.1 Å². The van der Waals surface area contributed by atoms with Gasteiger partial charge in [-0.2, -0.15) is 0 Å². The summed E-state index contributed by atoms with van der Waals surface area (Å²) in [6.45, 7) is 0. The van der Waals surface area contributed by atoms with Crippen LogP contribution in [0.15, 0.2) is 18.2 Å². The van der Waals surface area contributed by atoms with Crippen LogP contribution in [0.1, 0.15) is 22.3 Å².